The lowest BCUT2D eigenvalue weighted by Crippen LogP contribution is -2.28. The SMILES string of the molecule is Nc1ccc([N+](=O)[O-])cc1C(=O)N1CCCC1. The Morgan fingerprint density at radius 3 is 2.59 bits per heavy atom. The fourth-order valence-corrected chi connectivity index (χ4v) is 1.93. The third-order valence-electron chi connectivity index (χ3n) is 2.87. The molecule has 0 aliphatic carbocycles. The molecule has 6 heteroatoms. The van der Waals surface area contributed by atoms with Crippen LogP contribution in [0.15, 0.2) is 18.2 Å². The molecule has 0 spiro atoms. The minimum Gasteiger partial charge on any atom is -0.398 e. The second-order valence-electron chi connectivity index (χ2n) is 4.03. The van der Waals surface area contributed by atoms with E-state index in [0.717, 1.165) is 12.8 Å². The third kappa shape index (κ3) is 2.20. The fourth-order valence-electron chi connectivity index (χ4n) is 1.93. The summed E-state index contributed by atoms with van der Waals surface area (Å²) in [4.78, 5) is 23.9. The van der Waals surface area contributed by atoms with Crippen molar-refractivity contribution >= 4 is 17.3 Å². The van der Waals surface area contributed by atoms with Crippen LogP contribution in [0.1, 0.15) is 23.2 Å². The number of likely N-dealkylation sites (tertiary alicyclic amines) is 1. The van der Waals surface area contributed by atoms with E-state index in [2.05, 4.69) is 0 Å². The highest BCUT2D eigenvalue weighted by molar-refractivity contribution is 5.99. The molecule has 0 aromatic heterocycles. The van der Waals surface area contributed by atoms with Crippen LogP contribution in [-0.2, 0) is 0 Å². The number of anilines is 1. The molecular formula is C11H13N3O3. The molecule has 1 aromatic rings. The Kier molecular flexibility index (Phi) is 2.95. The van der Waals surface area contributed by atoms with Crippen molar-refractivity contribution in [1.82, 2.24) is 4.90 Å². The summed E-state index contributed by atoms with van der Waals surface area (Å²) in [7, 11) is 0. The van der Waals surface area contributed by atoms with Crippen LogP contribution in [0.25, 0.3) is 0 Å². The lowest BCUT2D eigenvalue weighted by atomic mass is 10.1. The molecule has 0 unspecified atom stereocenters. The van der Waals surface area contributed by atoms with E-state index in [1.54, 1.807) is 4.90 Å². The molecule has 2 rings (SSSR count). The number of amides is 1. The Balaban J connectivity index is 2.32. The molecule has 1 fully saturated rings. The second-order valence-corrected chi connectivity index (χ2v) is 4.03. The Morgan fingerprint density at radius 2 is 2.00 bits per heavy atom. The number of nitro groups is 1. The van der Waals surface area contributed by atoms with Crippen molar-refractivity contribution in [2.75, 3.05) is 18.8 Å². The average Bonchev–Trinajstić information content (AvgIpc) is 2.81. The number of carbonyl (C=O) groups excluding carboxylic acids is 1. The van der Waals surface area contributed by atoms with Crippen LogP contribution in [0.5, 0.6) is 0 Å². The van der Waals surface area contributed by atoms with Crippen molar-refractivity contribution < 1.29 is 9.72 Å². The highest BCUT2D eigenvalue weighted by atomic mass is 16.6. The van der Waals surface area contributed by atoms with Gasteiger partial charge in [-0.3, -0.25) is 14.9 Å². The van der Waals surface area contributed by atoms with Crippen LogP contribution in [0, 0.1) is 10.1 Å². The van der Waals surface area contributed by atoms with Crippen LogP contribution in [-0.4, -0.2) is 28.8 Å². The first-order valence-electron chi connectivity index (χ1n) is 5.43. The number of carbonyl (C=O) groups is 1. The standard InChI is InChI=1S/C11H13N3O3/c12-10-4-3-8(14(16)17)7-9(10)11(15)13-5-1-2-6-13/h3-4,7H,1-2,5-6,12H2. The summed E-state index contributed by atoms with van der Waals surface area (Å²) in [6.07, 6.45) is 1.95. The molecule has 0 atom stereocenters. The zero-order chi connectivity index (χ0) is 12.4. The predicted molar refractivity (Wildman–Crippen MR) is 62.6 cm³/mol. The van der Waals surface area contributed by atoms with Crippen molar-refractivity contribution in [2.45, 2.75) is 12.8 Å². The number of nitrogens with zero attached hydrogens (tertiary/aromatic N) is 2. The number of non-ortho nitro benzene ring substituents is 1. The number of nitro benzene ring substituents is 1. The maximum atomic E-state index is 12.1. The molecule has 17 heavy (non-hydrogen) atoms. The molecule has 0 bridgehead atoms. The largest absolute Gasteiger partial charge is 0.398 e. The van der Waals surface area contributed by atoms with E-state index in [-0.39, 0.29) is 22.8 Å². The van der Waals surface area contributed by atoms with Crippen molar-refractivity contribution in [3.05, 3.63) is 33.9 Å². The molecule has 1 aliphatic heterocycles. The number of nitrogen functional groups attached to an aromatic ring is 1. The van der Waals surface area contributed by atoms with E-state index < -0.39 is 4.92 Å². The van der Waals surface area contributed by atoms with Crippen molar-refractivity contribution in [1.29, 1.82) is 0 Å². The van der Waals surface area contributed by atoms with Crippen LogP contribution >= 0.6 is 0 Å². The summed E-state index contributed by atoms with van der Waals surface area (Å²) in [6, 6.07) is 3.95. The van der Waals surface area contributed by atoms with E-state index in [0.29, 0.717) is 13.1 Å². The molecule has 1 heterocycles. The third-order valence-corrected chi connectivity index (χ3v) is 2.87. The van der Waals surface area contributed by atoms with Gasteiger partial charge in [-0.15, -0.1) is 0 Å². The van der Waals surface area contributed by atoms with E-state index >= 15 is 0 Å². The number of hydrogen-bond acceptors (Lipinski definition) is 4. The van der Waals surface area contributed by atoms with Crippen molar-refractivity contribution in [2.24, 2.45) is 0 Å². The van der Waals surface area contributed by atoms with E-state index in [9.17, 15) is 14.9 Å². The monoisotopic (exact) mass is 235 g/mol. The van der Waals surface area contributed by atoms with Gasteiger partial charge in [-0.05, 0) is 18.9 Å². The molecular weight excluding hydrogens is 222 g/mol. The van der Waals surface area contributed by atoms with Gasteiger partial charge in [0.25, 0.3) is 11.6 Å². The zero-order valence-corrected chi connectivity index (χ0v) is 9.26. The van der Waals surface area contributed by atoms with Gasteiger partial charge >= 0.3 is 0 Å². The first kappa shape index (κ1) is 11.4. The summed E-state index contributed by atoms with van der Waals surface area (Å²) < 4.78 is 0. The van der Waals surface area contributed by atoms with Gasteiger partial charge in [0.05, 0.1) is 10.5 Å². The van der Waals surface area contributed by atoms with Gasteiger partial charge in [0.15, 0.2) is 0 Å². The maximum Gasteiger partial charge on any atom is 0.270 e. The van der Waals surface area contributed by atoms with Crippen LogP contribution in [0.2, 0.25) is 0 Å². The number of benzene rings is 1. The Bertz CT molecular complexity index is 467. The summed E-state index contributed by atoms with van der Waals surface area (Å²) in [5.74, 6) is -0.219. The first-order chi connectivity index (χ1) is 8.09. The fraction of sp³-hybridized carbons (Fsp3) is 0.364. The molecule has 0 saturated carbocycles. The highest BCUT2D eigenvalue weighted by Crippen LogP contribution is 2.22. The van der Waals surface area contributed by atoms with Gasteiger partial charge in [0.2, 0.25) is 0 Å². The number of nitrogens with two attached hydrogens (primary N) is 1. The molecule has 1 aromatic carbocycles. The van der Waals surface area contributed by atoms with Gasteiger partial charge < -0.3 is 10.6 Å². The first-order valence-corrected chi connectivity index (χ1v) is 5.43. The highest BCUT2D eigenvalue weighted by Gasteiger charge is 2.23. The molecule has 1 aliphatic rings. The molecule has 2 N–H and O–H groups in total. The van der Waals surface area contributed by atoms with Crippen LogP contribution < -0.4 is 5.73 Å². The van der Waals surface area contributed by atoms with E-state index in [4.69, 9.17) is 5.73 Å². The molecule has 1 amide bonds. The Morgan fingerprint density at radius 1 is 1.35 bits per heavy atom. The normalized spacial score (nSPS) is 14.9. The van der Waals surface area contributed by atoms with Gasteiger partial charge in [-0.2, -0.15) is 0 Å². The minimum atomic E-state index is -0.528. The lowest BCUT2D eigenvalue weighted by molar-refractivity contribution is -0.384. The Hall–Kier alpha value is -2.11. The quantitative estimate of drug-likeness (QED) is 0.476. The van der Waals surface area contributed by atoms with Crippen molar-refractivity contribution in [3.63, 3.8) is 0 Å². The van der Waals surface area contributed by atoms with Gasteiger partial charge in [0.1, 0.15) is 0 Å². The molecule has 90 valence electrons. The predicted octanol–water partition coefficient (Wildman–Crippen LogP) is 1.41. The summed E-state index contributed by atoms with van der Waals surface area (Å²) >= 11 is 0. The topological polar surface area (TPSA) is 89.5 Å². The van der Waals surface area contributed by atoms with E-state index in [1.165, 1.54) is 18.2 Å². The smallest absolute Gasteiger partial charge is 0.270 e. The summed E-state index contributed by atoms with van der Waals surface area (Å²) in [5.41, 5.74) is 6.09. The summed E-state index contributed by atoms with van der Waals surface area (Å²) in [5, 5.41) is 10.6. The molecule has 0 radical (unpaired) electrons. The molecule has 1 saturated heterocycles. The number of rotatable bonds is 2. The van der Waals surface area contributed by atoms with E-state index in [1.807, 2.05) is 0 Å². The zero-order valence-electron chi connectivity index (χ0n) is 9.26. The average molecular weight is 235 g/mol. The maximum absolute atomic E-state index is 12.1. The van der Waals surface area contributed by atoms with Crippen LogP contribution in [0.4, 0.5) is 11.4 Å². The van der Waals surface area contributed by atoms with Gasteiger partial charge in [0, 0.05) is 30.9 Å². The lowest BCUT2D eigenvalue weighted by Gasteiger charge is -2.16. The summed E-state index contributed by atoms with van der Waals surface area (Å²) in [6.45, 7) is 1.39. The second kappa shape index (κ2) is 4.40. The van der Waals surface area contributed by atoms with Gasteiger partial charge in [-0.1, -0.05) is 0 Å². The minimum absolute atomic E-state index is 0.109. The molecule has 6 nitrogen and oxygen atoms in total. The van der Waals surface area contributed by atoms with Crippen molar-refractivity contribution in [3.8, 4) is 0 Å². The number of hydrogen-bond donors (Lipinski definition) is 1. The van der Waals surface area contributed by atoms with Crippen LogP contribution in [0.3, 0.4) is 0 Å². The van der Waals surface area contributed by atoms with Gasteiger partial charge in [-0.25, -0.2) is 0 Å². The Labute approximate surface area is 98.2 Å².